The van der Waals surface area contributed by atoms with Crippen molar-refractivity contribution in [1.29, 1.82) is 0 Å². The van der Waals surface area contributed by atoms with E-state index in [2.05, 4.69) is 47.1 Å². The van der Waals surface area contributed by atoms with Crippen molar-refractivity contribution in [3.63, 3.8) is 0 Å². The molecule has 1 atom stereocenters. The largest absolute Gasteiger partial charge is 0.370 e. The van der Waals surface area contributed by atoms with Gasteiger partial charge in [-0.1, -0.05) is 15.9 Å². The highest BCUT2D eigenvalue weighted by Crippen LogP contribution is 2.26. The number of anilines is 1. The van der Waals surface area contributed by atoms with Gasteiger partial charge in [-0.25, -0.2) is 0 Å². The number of aromatic nitrogens is 4. The van der Waals surface area contributed by atoms with Gasteiger partial charge in [0.2, 0.25) is 11.9 Å². The monoisotopic (exact) mass is 403 g/mol. The fourth-order valence-corrected chi connectivity index (χ4v) is 3.42. The second-order valence-corrected chi connectivity index (χ2v) is 6.97. The van der Waals surface area contributed by atoms with Crippen LogP contribution in [0.4, 0.5) is 5.95 Å². The Labute approximate surface area is 152 Å². The number of aryl methyl sites for hydroxylation is 1. The van der Waals surface area contributed by atoms with E-state index < -0.39 is 0 Å². The lowest BCUT2D eigenvalue weighted by molar-refractivity contribution is -0.116. The van der Waals surface area contributed by atoms with Crippen molar-refractivity contribution in [1.82, 2.24) is 19.7 Å². The summed E-state index contributed by atoms with van der Waals surface area (Å²) in [6, 6.07) is 8.15. The summed E-state index contributed by atoms with van der Waals surface area (Å²) in [5.74, 6) is 0.864. The van der Waals surface area contributed by atoms with Crippen LogP contribution in [0.25, 0.3) is 10.9 Å². The van der Waals surface area contributed by atoms with E-state index in [0.717, 1.165) is 34.8 Å². The van der Waals surface area contributed by atoms with Gasteiger partial charge in [0.1, 0.15) is 6.10 Å². The average Bonchev–Trinajstić information content (AvgIpc) is 3.33. The highest BCUT2D eigenvalue weighted by atomic mass is 79.9. The van der Waals surface area contributed by atoms with Crippen LogP contribution in [-0.2, 0) is 16.1 Å². The molecule has 25 heavy (non-hydrogen) atoms. The molecule has 0 spiro atoms. The Bertz CT molecular complexity index is 897. The van der Waals surface area contributed by atoms with Crippen molar-refractivity contribution in [3.8, 4) is 0 Å². The number of hydrogen-bond donors (Lipinski definition) is 2. The fraction of sp³-hybridized carbons (Fsp3) is 0.353. The van der Waals surface area contributed by atoms with Gasteiger partial charge >= 0.3 is 0 Å². The minimum absolute atomic E-state index is 0.0382. The molecule has 2 N–H and O–H groups in total. The number of carbonyl (C=O) groups excluding carboxylic acids is 1. The molecule has 0 aliphatic carbocycles. The van der Waals surface area contributed by atoms with Gasteiger partial charge in [-0.15, -0.1) is 5.10 Å². The second-order valence-electron chi connectivity index (χ2n) is 6.06. The van der Waals surface area contributed by atoms with Gasteiger partial charge < -0.3 is 9.30 Å². The molecular formula is C17H18BrN5O2. The van der Waals surface area contributed by atoms with Gasteiger partial charge in [-0.2, -0.15) is 4.98 Å². The first-order valence-corrected chi connectivity index (χ1v) is 9.06. The highest BCUT2D eigenvalue weighted by molar-refractivity contribution is 9.10. The SMILES string of the molecule is O=C(CCn1ccc2cc(Br)ccc21)Nc1n[nH]c([C@@H]2CCCO2)n1. The second kappa shape index (κ2) is 6.97. The summed E-state index contributed by atoms with van der Waals surface area (Å²) in [6.45, 7) is 1.34. The molecule has 3 aromatic rings. The van der Waals surface area contributed by atoms with Crippen LogP contribution in [0.2, 0.25) is 0 Å². The summed E-state index contributed by atoms with van der Waals surface area (Å²) in [5.41, 5.74) is 1.11. The molecule has 0 radical (unpaired) electrons. The number of aromatic amines is 1. The molecule has 1 aliphatic heterocycles. The van der Waals surface area contributed by atoms with Gasteiger partial charge in [0, 0.05) is 41.1 Å². The lowest BCUT2D eigenvalue weighted by atomic mass is 10.2. The molecule has 1 aromatic carbocycles. The van der Waals surface area contributed by atoms with Crippen LogP contribution in [0.5, 0.6) is 0 Å². The van der Waals surface area contributed by atoms with E-state index in [-0.39, 0.29) is 12.0 Å². The number of carbonyl (C=O) groups is 1. The summed E-state index contributed by atoms with van der Waals surface area (Å²) < 4.78 is 8.66. The van der Waals surface area contributed by atoms with Gasteiger partial charge in [-0.05, 0) is 37.1 Å². The van der Waals surface area contributed by atoms with Crippen LogP contribution in [0.1, 0.15) is 31.2 Å². The average molecular weight is 404 g/mol. The lowest BCUT2D eigenvalue weighted by Gasteiger charge is -2.05. The third kappa shape index (κ3) is 3.59. The first-order valence-electron chi connectivity index (χ1n) is 8.27. The number of ether oxygens (including phenoxy) is 1. The number of H-pyrrole nitrogens is 1. The predicted octanol–water partition coefficient (Wildman–Crippen LogP) is 3.40. The summed E-state index contributed by atoms with van der Waals surface area (Å²) in [6.07, 6.45) is 4.26. The molecule has 3 heterocycles. The van der Waals surface area contributed by atoms with E-state index in [9.17, 15) is 4.79 Å². The number of nitrogens with one attached hydrogen (secondary N) is 2. The number of fused-ring (bicyclic) bond motifs is 1. The van der Waals surface area contributed by atoms with Crippen molar-refractivity contribution < 1.29 is 9.53 Å². The van der Waals surface area contributed by atoms with Crippen molar-refractivity contribution in [2.45, 2.75) is 31.9 Å². The van der Waals surface area contributed by atoms with Crippen LogP contribution in [0.3, 0.4) is 0 Å². The number of amides is 1. The normalized spacial score (nSPS) is 17.2. The zero-order valence-electron chi connectivity index (χ0n) is 13.5. The minimum Gasteiger partial charge on any atom is -0.370 e. The first-order chi connectivity index (χ1) is 12.2. The topological polar surface area (TPSA) is 84.8 Å². The van der Waals surface area contributed by atoms with E-state index in [4.69, 9.17) is 4.74 Å². The molecule has 0 unspecified atom stereocenters. The molecule has 1 aliphatic rings. The van der Waals surface area contributed by atoms with Crippen LogP contribution in [0, 0.1) is 0 Å². The Hall–Kier alpha value is -2.19. The Kier molecular flexibility index (Phi) is 4.54. The maximum Gasteiger partial charge on any atom is 0.248 e. The van der Waals surface area contributed by atoms with Gasteiger partial charge in [0.05, 0.1) is 0 Å². The van der Waals surface area contributed by atoms with Gasteiger partial charge in [-0.3, -0.25) is 15.2 Å². The zero-order valence-corrected chi connectivity index (χ0v) is 15.1. The molecule has 1 amide bonds. The van der Waals surface area contributed by atoms with E-state index in [1.165, 1.54) is 0 Å². The Balaban J connectivity index is 1.35. The lowest BCUT2D eigenvalue weighted by Crippen LogP contribution is -2.15. The first kappa shape index (κ1) is 16.3. The Morgan fingerprint density at radius 2 is 2.36 bits per heavy atom. The highest BCUT2D eigenvalue weighted by Gasteiger charge is 2.21. The Morgan fingerprint density at radius 1 is 1.44 bits per heavy atom. The quantitative estimate of drug-likeness (QED) is 0.683. The predicted molar refractivity (Wildman–Crippen MR) is 97.2 cm³/mol. The maximum absolute atomic E-state index is 12.2. The summed E-state index contributed by atoms with van der Waals surface area (Å²) >= 11 is 3.47. The van der Waals surface area contributed by atoms with Crippen LogP contribution in [-0.4, -0.2) is 32.3 Å². The smallest absolute Gasteiger partial charge is 0.248 e. The number of hydrogen-bond acceptors (Lipinski definition) is 4. The fourth-order valence-electron chi connectivity index (χ4n) is 3.04. The molecule has 1 fully saturated rings. The van der Waals surface area contributed by atoms with Crippen molar-refractivity contribution in [2.75, 3.05) is 11.9 Å². The minimum atomic E-state index is -0.114. The Morgan fingerprint density at radius 3 is 3.20 bits per heavy atom. The molecule has 7 nitrogen and oxygen atoms in total. The van der Waals surface area contributed by atoms with Crippen LogP contribution in [0.15, 0.2) is 34.9 Å². The van der Waals surface area contributed by atoms with Crippen molar-refractivity contribution >= 4 is 38.7 Å². The summed E-state index contributed by atoms with van der Waals surface area (Å²) in [5, 5.41) is 10.8. The standard InChI is InChI=1S/C17H18BrN5O2/c18-12-3-4-13-11(10-12)5-7-23(13)8-6-15(24)19-17-20-16(21-22-17)14-2-1-9-25-14/h3-5,7,10,14H,1-2,6,8-9H2,(H2,19,20,21,22,24)/t14-/m0/s1. The van der Waals surface area contributed by atoms with E-state index in [1.807, 2.05) is 24.4 Å². The molecular weight excluding hydrogens is 386 g/mol. The van der Waals surface area contributed by atoms with Gasteiger partial charge in [0.15, 0.2) is 5.82 Å². The maximum atomic E-state index is 12.2. The molecule has 0 bridgehead atoms. The molecule has 8 heteroatoms. The van der Waals surface area contributed by atoms with Crippen molar-refractivity contribution in [3.05, 3.63) is 40.8 Å². The summed E-state index contributed by atoms with van der Waals surface area (Å²) in [7, 11) is 0. The number of halogens is 1. The third-order valence-corrected chi connectivity index (χ3v) is 4.79. The number of benzene rings is 1. The molecule has 1 saturated heterocycles. The number of rotatable bonds is 5. The molecule has 0 saturated carbocycles. The van der Waals surface area contributed by atoms with Crippen molar-refractivity contribution in [2.24, 2.45) is 0 Å². The zero-order chi connectivity index (χ0) is 17.2. The van der Waals surface area contributed by atoms with E-state index >= 15 is 0 Å². The van der Waals surface area contributed by atoms with E-state index in [0.29, 0.717) is 24.7 Å². The molecule has 130 valence electrons. The van der Waals surface area contributed by atoms with Gasteiger partial charge in [0.25, 0.3) is 0 Å². The van der Waals surface area contributed by atoms with Crippen LogP contribution < -0.4 is 5.32 Å². The molecule has 4 rings (SSSR count). The van der Waals surface area contributed by atoms with E-state index in [1.54, 1.807) is 0 Å². The summed E-state index contributed by atoms with van der Waals surface area (Å²) in [4.78, 5) is 16.5. The van der Waals surface area contributed by atoms with Crippen LogP contribution >= 0.6 is 15.9 Å². The number of nitrogens with zero attached hydrogens (tertiary/aromatic N) is 3. The molecule has 2 aromatic heterocycles. The third-order valence-electron chi connectivity index (χ3n) is 4.30.